The van der Waals surface area contributed by atoms with Crippen LogP contribution in [0.1, 0.15) is 39.2 Å². The molecular formula is C18H22O2. The molecule has 0 N–H and O–H groups in total. The number of carbonyl (C=O) groups excluding carboxylic acids is 1. The smallest absolute Gasteiger partial charge is 0.159 e. The van der Waals surface area contributed by atoms with Crippen molar-refractivity contribution in [2.75, 3.05) is 0 Å². The molecule has 106 valence electrons. The lowest BCUT2D eigenvalue weighted by Gasteiger charge is -2.28. The van der Waals surface area contributed by atoms with Crippen molar-refractivity contribution in [1.29, 1.82) is 0 Å². The Balaban J connectivity index is 1.81. The number of fused-ring (bicyclic) bond motifs is 1. The van der Waals surface area contributed by atoms with E-state index in [0.717, 1.165) is 12.0 Å². The van der Waals surface area contributed by atoms with Gasteiger partial charge in [0.05, 0.1) is 12.7 Å². The van der Waals surface area contributed by atoms with Crippen LogP contribution in [0.5, 0.6) is 0 Å². The Kier molecular flexibility index (Phi) is 3.29. The molecule has 1 fully saturated rings. The van der Waals surface area contributed by atoms with Gasteiger partial charge in [0.25, 0.3) is 0 Å². The molecule has 0 unspecified atom stereocenters. The van der Waals surface area contributed by atoms with Gasteiger partial charge >= 0.3 is 0 Å². The third-order valence-electron chi connectivity index (χ3n) is 4.75. The van der Waals surface area contributed by atoms with Gasteiger partial charge in [-0.25, -0.2) is 0 Å². The monoisotopic (exact) mass is 270 g/mol. The van der Waals surface area contributed by atoms with Gasteiger partial charge in [0, 0.05) is 6.42 Å². The summed E-state index contributed by atoms with van der Waals surface area (Å²) >= 11 is 0. The second-order valence-corrected chi connectivity index (χ2v) is 6.77. The number of ketones is 1. The molecule has 2 aliphatic rings. The fourth-order valence-corrected chi connectivity index (χ4v) is 3.78. The Bertz CT molecular complexity index is 554. The average Bonchev–Trinajstić information content (AvgIpc) is 2.81. The molecule has 20 heavy (non-hydrogen) atoms. The SMILES string of the molecule is CC1=C2[C@@H](CC1=O)CC(C)(C)[C@@H]2OCc1ccccc1. The molecule has 2 aliphatic carbocycles. The van der Waals surface area contributed by atoms with Crippen LogP contribution in [0.3, 0.4) is 0 Å². The Morgan fingerprint density at radius 3 is 2.65 bits per heavy atom. The molecule has 1 aromatic carbocycles. The number of benzene rings is 1. The molecule has 0 saturated heterocycles. The van der Waals surface area contributed by atoms with Crippen molar-refractivity contribution >= 4 is 5.78 Å². The minimum Gasteiger partial charge on any atom is -0.369 e. The van der Waals surface area contributed by atoms with Crippen molar-refractivity contribution in [3.8, 4) is 0 Å². The van der Waals surface area contributed by atoms with E-state index in [1.807, 2.05) is 25.1 Å². The molecular weight excluding hydrogens is 248 g/mol. The standard InChI is InChI=1S/C18H22O2/c1-12-15(19)9-14-10-18(2,3)17(16(12)14)20-11-13-7-5-4-6-8-13/h4-8,14,17H,9-11H2,1-3H3/t14-,17+/m0/s1. The van der Waals surface area contributed by atoms with Crippen LogP contribution >= 0.6 is 0 Å². The van der Waals surface area contributed by atoms with Gasteiger partial charge in [-0.15, -0.1) is 0 Å². The summed E-state index contributed by atoms with van der Waals surface area (Å²) in [5.41, 5.74) is 3.54. The molecule has 1 aromatic rings. The largest absolute Gasteiger partial charge is 0.369 e. The summed E-state index contributed by atoms with van der Waals surface area (Å²) < 4.78 is 6.23. The van der Waals surface area contributed by atoms with Gasteiger partial charge in [0.15, 0.2) is 5.78 Å². The summed E-state index contributed by atoms with van der Waals surface area (Å²) in [4.78, 5) is 11.9. The first kappa shape index (κ1) is 13.6. The number of rotatable bonds is 3. The van der Waals surface area contributed by atoms with Crippen molar-refractivity contribution in [2.45, 2.75) is 46.3 Å². The van der Waals surface area contributed by atoms with Gasteiger partial charge < -0.3 is 4.74 Å². The minimum atomic E-state index is 0.0826. The first-order chi connectivity index (χ1) is 9.49. The molecule has 1 saturated carbocycles. The van der Waals surface area contributed by atoms with Gasteiger partial charge in [-0.1, -0.05) is 44.2 Å². The highest BCUT2D eigenvalue weighted by molar-refractivity contribution is 5.99. The van der Waals surface area contributed by atoms with Gasteiger partial charge in [0.1, 0.15) is 0 Å². The van der Waals surface area contributed by atoms with E-state index in [-0.39, 0.29) is 11.5 Å². The highest BCUT2D eigenvalue weighted by Crippen LogP contribution is 2.52. The van der Waals surface area contributed by atoms with Crippen molar-refractivity contribution in [3.63, 3.8) is 0 Å². The van der Waals surface area contributed by atoms with Crippen LogP contribution in [0.4, 0.5) is 0 Å². The molecule has 0 bridgehead atoms. The van der Waals surface area contributed by atoms with Gasteiger partial charge in [-0.2, -0.15) is 0 Å². The summed E-state index contributed by atoms with van der Waals surface area (Å²) in [6, 6.07) is 10.2. The second-order valence-electron chi connectivity index (χ2n) is 6.77. The topological polar surface area (TPSA) is 26.3 Å². The van der Waals surface area contributed by atoms with Crippen LogP contribution in [-0.4, -0.2) is 11.9 Å². The van der Waals surface area contributed by atoms with Crippen LogP contribution < -0.4 is 0 Å². The highest BCUT2D eigenvalue weighted by atomic mass is 16.5. The number of ether oxygens (including phenoxy) is 1. The lowest BCUT2D eigenvalue weighted by atomic mass is 9.86. The van der Waals surface area contributed by atoms with Gasteiger partial charge in [-0.05, 0) is 41.4 Å². The molecule has 0 aliphatic heterocycles. The summed E-state index contributed by atoms with van der Waals surface area (Å²) in [6.45, 7) is 7.10. The lowest BCUT2D eigenvalue weighted by Crippen LogP contribution is -2.28. The molecule has 2 atom stereocenters. The zero-order valence-electron chi connectivity index (χ0n) is 12.5. The van der Waals surface area contributed by atoms with E-state index in [0.29, 0.717) is 24.7 Å². The van der Waals surface area contributed by atoms with E-state index < -0.39 is 0 Å². The van der Waals surface area contributed by atoms with Crippen molar-refractivity contribution < 1.29 is 9.53 Å². The Morgan fingerprint density at radius 2 is 1.95 bits per heavy atom. The maximum Gasteiger partial charge on any atom is 0.159 e. The summed E-state index contributed by atoms with van der Waals surface area (Å²) in [5, 5.41) is 0. The molecule has 0 amide bonds. The molecule has 0 radical (unpaired) electrons. The van der Waals surface area contributed by atoms with E-state index in [4.69, 9.17) is 4.74 Å². The predicted octanol–water partition coefficient (Wildman–Crippen LogP) is 3.91. The fraction of sp³-hybridized carbons (Fsp3) is 0.500. The van der Waals surface area contributed by atoms with Crippen molar-refractivity contribution in [3.05, 3.63) is 47.0 Å². The first-order valence-electron chi connectivity index (χ1n) is 7.38. The molecule has 3 rings (SSSR count). The normalized spacial score (nSPS) is 28.1. The van der Waals surface area contributed by atoms with Crippen LogP contribution in [0, 0.1) is 11.3 Å². The predicted molar refractivity (Wildman–Crippen MR) is 79.2 cm³/mol. The number of hydrogen-bond donors (Lipinski definition) is 0. The zero-order chi connectivity index (χ0) is 14.3. The fourth-order valence-electron chi connectivity index (χ4n) is 3.78. The number of carbonyl (C=O) groups is 1. The van der Waals surface area contributed by atoms with E-state index in [1.54, 1.807) is 0 Å². The lowest BCUT2D eigenvalue weighted by molar-refractivity contribution is -0.115. The number of hydrogen-bond acceptors (Lipinski definition) is 2. The molecule has 0 spiro atoms. The Hall–Kier alpha value is -1.41. The Labute approximate surface area is 120 Å². The molecule has 0 aromatic heterocycles. The van der Waals surface area contributed by atoms with Crippen LogP contribution in [-0.2, 0) is 16.1 Å². The minimum absolute atomic E-state index is 0.0826. The van der Waals surface area contributed by atoms with Crippen LogP contribution in [0.15, 0.2) is 41.5 Å². The second kappa shape index (κ2) is 4.85. The number of Topliss-reactive ketones (excluding diaryl/α,β-unsaturated/α-hetero) is 1. The maximum absolute atomic E-state index is 11.9. The molecule has 0 heterocycles. The van der Waals surface area contributed by atoms with E-state index in [9.17, 15) is 4.79 Å². The third-order valence-corrected chi connectivity index (χ3v) is 4.75. The van der Waals surface area contributed by atoms with E-state index >= 15 is 0 Å². The van der Waals surface area contributed by atoms with Gasteiger partial charge in [0.2, 0.25) is 0 Å². The number of allylic oxidation sites excluding steroid dienone is 1. The highest BCUT2D eigenvalue weighted by Gasteiger charge is 2.49. The molecule has 2 nitrogen and oxygen atoms in total. The molecule has 2 heteroatoms. The summed E-state index contributed by atoms with van der Waals surface area (Å²) in [6.07, 6.45) is 1.83. The third kappa shape index (κ3) is 2.22. The summed E-state index contributed by atoms with van der Waals surface area (Å²) in [7, 11) is 0. The van der Waals surface area contributed by atoms with Crippen LogP contribution in [0.25, 0.3) is 0 Å². The zero-order valence-corrected chi connectivity index (χ0v) is 12.5. The van der Waals surface area contributed by atoms with Crippen LogP contribution in [0.2, 0.25) is 0 Å². The summed E-state index contributed by atoms with van der Waals surface area (Å²) in [5.74, 6) is 0.729. The van der Waals surface area contributed by atoms with Gasteiger partial charge in [-0.3, -0.25) is 4.79 Å². The van der Waals surface area contributed by atoms with Crippen molar-refractivity contribution in [1.82, 2.24) is 0 Å². The Morgan fingerprint density at radius 1 is 1.25 bits per heavy atom. The quantitative estimate of drug-likeness (QED) is 0.832. The van der Waals surface area contributed by atoms with E-state index in [1.165, 1.54) is 11.1 Å². The van der Waals surface area contributed by atoms with E-state index in [2.05, 4.69) is 26.0 Å². The van der Waals surface area contributed by atoms with Crippen molar-refractivity contribution in [2.24, 2.45) is 11.3 Å². The maximum atomic E-state index is 11.9. The first-order valence-corrected chi connectivity index (χ1v) is 7.38. The average molecular weight is 270 g/mol.